The highest BCUT2D eigenvalue weighted by molar-refractivity contribution is 7.99. The van der Waals surface area contributed by atoms with Crippen molar-refractivity contribution in [3.8, 4) is 11.4 Å². The van der Waals surface area contributed by atoms with Gasteiger partial charge in [-0.25, -0.2) is 0 Å². The molecule has 0 aliphatic heterocycles. The number of amides is 1. The van der Waals surface area contributed by atoms with Crippen molar-refractivity contribution in [3.05, 3.63) is 30.1 Å². The molecule has 1 atom stereocenters. The van der Waals surface area contributed by atoms with Crippen LogP contribution in [-0.4, -0.2) is 59.1 Å². The van der Waals surface area contributed by atoms with E-state index in [2.05, 4.69) is 27.3 Å². The Kier molecular flexibility index (Phi) is 7.47. The van der Waals surface area contributed by atoms with E-state index in [1.165, 1.54) is 11.8 Å². The lowest BCUT2D eigenvalue weighted by molar-refractivity contribution is -0.118. The highest BCUT2D eigenvalue weighted by Gasteiger charge is 2.23. The van der Waals surface area contributed by atoms with Crippen LogP contribution >= 0.6 is 11.8 Å². The van der Waals surface area contributed by atoms with E-state index in [1.807, 2.05) is 49.9 Å². The average Bonchev–Trinajstić information content (AvgIpc) is 3.04. The largest absolute Gasteiger partial charge is 0.497 e. The third-order valence-electron chi connectivity index (χ3n) is 4.00. The summed E-state index contributed by atoms with van der Waals surface area (Å²) in [6.45, 7) is 4.65. The van der Waals surface area contributed by atoms with Crippen LogP contribution in [0.1, 0.15) is 32.1 Å². The maximum Gasteiger partial charge on any atom is 0.230 e. The monoisotopic (exact) mass is 377 g/mol. The second-order valence-electron chi connectivity index (χ2n) is 6.00. The molecule has 0 spiro atoms. The predicted molar refractivity (Wildman–Crippen MR) is 104 cm³/mol. The predicted octanol–water partition coefficient (Wildman–Crippen LogP) is 2.52. The molecule has 7 nitrogen and oxygen atoms in total. The lowest BCUT2D eigenvalue weighted by Crippen LogP contribution is -2.25. The summed E-state index contributed by atoms with van der Waals surface area (Å²) in [7, 11) is 5.71. The van der Waals surface area contributed by atoms with Gasteiger partial charge < -0.3 is 10.1 Å². The van der Waals surface area contributed by atoms with Crippen LogP contribution in [0.15, 0.2) is 29.4 Å². The van der Waals surface area contributed by atoms with E-state index in [0.717, 1.165) is 23.7 Å². The van der Waals surface area contributed by atoms with Gasteiger partial charge >= 0.3 is 0 Å². The van der Waals surface area contributed by atoms with Gasteiger partial charge in [-0.15, -0.1) is 10.2 Å². The molecule has 26 heavy (non-hydrogen) atoms. The van der Waals surface area contributed by atoms with E-state index in [4.69, 9.17) is 4.74 Å². The van der Waals surface area contributed by atoms with Crippen LogP contribution in [0, 0.1) is 0 Å². The van der Waals surface area contributed by atoms with Crippen molar-refractivity contribution in [3.63, 3.8) is 0 Å². The highest BCUT2D eigenvalue weighted by Crippen LogP contribution is 2.29. The molecule has 1 N–H and O–H groups in total. The summed E-state index contributed by atoms with van der Waals surface area (Å²) in [5.74, 6) is 1.95. The first kappa shape index (κ1) is 20.3. The number of carbonyl (C=O) groups is 1. The summed E-state index contributed by atoms with van der Waals surface area (Å²) < 4.78 is 7.28. The summed E-state index contributed by atoms with van der Waals surface area (Å²) in [4.78, 5) is 14.0. The molecule has 0 fully saturated rings. The normalized spacial score (nSPS) is 12.2. The number of rotatable bonds is 9. The Bertz CT molecular complexity index is 715. The van der Waals surface area contributed by atoms with Gasteiger partial charge in [-0.3, -0.25) is 14.3 Å². The Morgan fingerprint density at radius 3 is 2.50 bits per heavy atom. The second-order valence-corrected chi connectivity index (χ2v) is 6.95. The highest BCUT2D eigenvalue weighted by atomic mass is 32.2. The molecule has 1 aromatic carbocycles. The topological polar surface area (TPSA) is 72.3 Å². The molecule has 1 amide bonds. The van der Waals surface area contributed by atoms with E-state index < -0.39 is 0 Å². The Labute approximate surface area is 159 Å². The van der Waals surface area contributed by atoms with Crippen molar-refractivity contribution in [1.29, 1.82) is 0 Å². The number of methoxy groups -OCH3 is 1. The van der Waals surface area contributed by atoms with Gasteiger partial charge in [0.1, 0.15) is 5.75 Å². The molecule has 0 bridgehead atoms. The zero-order valence-corrected chi connectivity index (χ0v) is 16.8. The minimum Gasteiger partial charge on any atom is -0.497 e. The molecular formula is C18H27N5O2S. The fourth-order valence-corrected chi connectivity index (χ4v) is 3.51. The lowest BCUT2D eigenvalue weighted by atomic mass is 10.2. The first-order valence-corrected chi connectivity index (χ1v) is 9.66. The van der Waals surface area contributed by atoms with Gasteiger partial charge in [-0.05, 0) is 51.7 Å². The molecule has 2 aromatic rings. The smallest absolute Gasteiger partial charge is 0.230 e. The summed E-state index contributed by atoms with van der Waals surface area (Å²) >= 11 is 1.39. The number of hydrogen-bond acceptors (Lipinski definition) is 6. The van der Waals surface area contributed by atoms with Gasteiger partial charge in [-0.1, -0.05) is 18.7 Å². The zero-order chi connectivity index (χ0) is 19.1. The molecule has 0 unspecified atom stereocenters. The molecule has 2 rings (SSSR count). The number of carbonyl (C=O) groups excluding carboxylic acids is 1. The number of benzene rings is 1. The van der Waals surface area contributed by atoms with Crippen LogP contribution in [0.5, 0.6) is 5.75 Å². The maximum atomic E-state index is 11.8. The number of thioether (sulfide) groups is 1. The summed E-state index contributed by atoms with van der Waals surface area (Å²) in [5, 5.41) is 12.3. The van der Waals surface area contributed by atoms with Crippen LogP contribution < -0.4 is 10.1 Å². The summed E-state index contributed by atoms with van der Waals surface area (Å²) in [6.07, 6.45) is 0.905. The summed E-state index contributed by atoms with van der Waals surface area (Å²) in [6, 6.07) is 7.90. The fourth-order valence-electron chi connectivity index (χ4n) is 2.72. The molecular weight excluding hydrogens is 350 g/mol. The maximum absolute atomic E-state index is 11.8. The van der Waals surface area contributed by atoms with Gasteiger partial charge in [0.2, 0.25) is 5.91 Å². The third kappa shape index (κ3) is 4.76. The Morgan fingerprint density at radius 1 is 1.27 bits per heavy atom. The van der Waals surface area contributed by atoms with Crippen molar-refractivity contribution < 1.29 is 9.53 Å². The Morgan fingerprint density at radius 2 is 1.96 bits per heavy atom. The molecule has 0 saturated heterocycles. The Hall–Kier alpha value is -2.06. The van der Waals surface area contributed by atoms with Crippen LogP contribution in [0.25, 0.3) is 5.69 Å². The van der Waals surface area contributed by atoms with Crippen molar-refractivity contribution in [2.45, 2.75) is 31.5 Å². The van der Waals surface area contributed by atoms with Gasteiger partial charge in [-0.2, -0.15) is 0 Å². The third-order valence-corrected chi connectivity index (χ3v) is 4.93. The quantitative estimate of drug-likeness (QED) is 0.677. The van der Waals surface area contributed by atoms with Gasteiger partial charge in [0.15, 0.2) is 11.0 Å². The van der Waals surface area contributed by atoms with E-state index in [-0.39, 0.29) is 11.9 Å². The molecule has 1 aromatic heterocycles. The van der Waals surface area contributed by atoms with E-state index in [0.29, 0.717) is 17.5 Å². The standard InChI is InChI=1S/C18H27N5O2S/c1-6-15(22(3)4)17-20-21-18(26-12-16(24)19-7-2)23(17)13-8-10-14(25-5)11-9-13/h8-11,15H,6-7,12H2,1-5H3,(H,19,24)/t15-/m0/s1. The van der Waals surface area contributed by atoms with Crippen molar-refractivity contribution in [2.24, 2.45) is 0 Å². The van der Waals surface area contributed by atoms with E-state index in [1.54, 1.807) is 7.11 Å². The van der Waals surface area contributed by atoms with Crippen LogP contribution in [-0.2, 0) is 4.79 Å². The van der Waals surface area contributed by atoms with Gasteiger partial charge in [0.25, 0.3) is 0 Å². The second kappa shape index (κ2) is 9.59. The summed E-state index contributed by atoms with van der Waals surface area (Å²) in [5.41, 5.74) is 0.949. The Balaban J connectivity index is 2.41. The molecule has 0 aliphatic rings. The van der Waals surface area contributed by atoms with Crippen molar-refractivity contribution in [2.75, 3.05) is 33.5 Å². The molecule has 0 radical (unpaired) electrons. The number of hydrogen-bond donors (Lipinski definition) is 1. The zero-order valence-electron chi connectivity index (χ0n) is 16.0. The number of ether oxygens (including phenoxy) is 1. The van der Waals surface area contributed by atoms with Crippen LogP contribution in [0.4, 0.5) is 0 Å². The average molecular weight is 378 g/mol. The first-order valence-electron chi connectivity index (χ1n) is 8.67. The molecule has 8 heteroatoms. The molecule has 0 saturated carbocycles. The molecule has 142 valence electrons. The molecule has 1 heterocycles. The number of aromatic nitrogens is 3. The van der Waals surface area contributed by atoms with Crippen molar-refractivity contribution >= 4 is 17.7 Å². The molecule has 0 aliphatic carbocycles. The SMILES string of the molecule is CCNC(=O)CSc1nnc([C@H](CC)N(C)C)n1-c1ccc(OC)cc1. The van der Waals surface area contributed by atoms with Crippen LogP contribution in [0.2, 0.25) is 0 Å². The minimum absolute atomic E-state index is 0.0111. The van der Waals surface area contributed by atoms with Crippen LogP contribution in [0.3, 0.4) is 0 Å². The lowest BCUT2D eigenvalue weighted by Gasteiger charge is -2.23. The van der Waals surface area contributed by atoms with Gasteiger partial charge in [0, 0.05) is 12.2 Å². The fraction of sp³-hybridized carbons (Fsp3) is 0.500. The van der Waals surface area contributed by atoms with E-state index >= 15 is 0 Å². The minimum atomic E-state index is -0.0111. The van der Waals surface area contributed by atoms with Crippen molar-refractivity contribution in [1.82, 2.24) is 25.0 Å². The van der Waals surface area contributed by atoms with E-state index in [9.17, 15) is 4.79 Å². The number of nitrogens with one attached hydrogen (secondary N) is 1. The number of nitrogens with zero attached hydrogens (tertiary/aromatic N) is 4. The van der Waals surface area contributed by atoms with Gasteiger partial charge in [0.05, 0.1) is 18.9 Å². The first-order chi connectivity index (χ1) is 12.5.